The summed E-state index contributed by atoms with van der Waals surface area (Å²) < 4.78 is 97.4. The number of alkyl halides is 4. The Kier molecular flexibility index (Phi) is 8.95. The van der Waals surface area contributed by atoms with E-state index >= 15 is 0 Å². The third kappa shape index (κ3) is 7.42. The van der Waals surface area contributed by atoms with Gasteiger partial charge in [-0.1, -0.05) is 12.2 Å². The van der Waals surface area contributed by atoms with Gasteiger partial charge in [-0.05, 0) is 88.5 Å². The van der Waals surface area contributed by atoms with Crippen molar-refractivity contribution in [1.82, 2.24) is 0 Å². The van der Waals surface area contributed by atoms with Gasteiger partial charge in [0.2, 0.25) is 0 Å². The van der Waals surface area contributed by atoms with Gasteiger partial charge in [0.05, 0.1) is 17.9 Å². The minimum Gasteiger partial charge on any atom is -0.459 e. The van der Waals surface area contributed by atoms with Gasteiger partial charge >= 0.3 is 18.3 Å². The highest BCUT2D eigenvalue weighted by Crippen LogP contribution is 2.44. The SMILES string of the molecule is CC=CC1CCC(C(F)(F)OC2CCC(C(F)(F)Oc3ccc(OC=C(F)F)cc3)CC2)CC1. The van der Waals surface area contributed by atoms with Crippen LogP contribution in [0, 0.1) is 17.8 Å². The van der Waals surface area contributed by atoms with Crippen LogP contribution in [0.4, 0.5) is 26.3 Å². The van der Waals surface area contributed by atoms with E-state index in [1.807, 2.05) is 19.1 Å². The van der Waals surface area contributed by atoms with Crippen LogP contribution in [-0.2, 0) is 4.74 Å². The molecule has 0 aliphatic heterocycles. The van der Waals surface area contributed by atoms with Crippen molar-refractivity contribution in [2.24, 2.45) is 17.8 Å². The molecule has 0 unspecified atom stereocenters. The molecule has 0 radical (unpaired) electrons. The predicted molar refractivity (Wildman–Crippen MR) is 115 cm³/mol. The van der Waals surface area contributed by atoms with Crippen molar-refractivity contribution in [2.45, 2.75) is 76.6 Å². The van der Waals surface area contributed by atoms with Crippen LogP contribution in [0.15, 0.2) is 48.8 Å². The van der Waals surface area contributed by atoms with Crippen LogP contribution in [-0.4, -0.2) is 18.3 Å². The molecule has 1 aromatic carbocycles. The molecular weight excluding hydrogens is 462 g/mol. The van der Waals surface area contributed by atoms with Gasteiger partial charge in [0.15, 0.2) is 6.26 Å². The monoisotopic (exact) mass is 492 g/mol. The first-order chi connectivity index (χ1) is 16.1. The smallest absolute Gasteiger partial charge is 0.400 e. The second-order valence-corrected chi connectivity index (χ2v) is 8.95. The molecule has 3 nitrogen and oxygen atoms in total. The molecule has 0 amide bonds. The predicted octanol–water partition coefficient (Wildman–Crippen LogP) is 8.33. The van der Waals surface area contributed by atoms with Crippen molar-refractivity contribution in [3.05, 3.63) is 48.8 Å². The standard InChI is InChI=1S/C25H30F6O3/c1-2-3-17-4-6-18(7-5-17)24(28,29)33-21-10-8-19(9-11-21)25(30,31)34-22-14-12-20(13-15-22)32-16-23(26)27/h2-3,12-19,21H,4-11H2,1H3. The van der Waals surface area contributed by atoms with Gasteiger partial charge in [-0.2, -0.15) is 26.3 Å². The number of benzene rings is 1. The molecule has 2 saturated carbocycles. The van der Waals surface area contributed by atoms with E-state index in [9.17, 15) is 26.3 Å². The van der Waals surface area contributed by atoms with Crippen LogP contribution >= 0.6 is 0 Å². The molecule has 2 aliphatic rings. The molecule has 0 aromatic heterocycles. The van der Waals surface area contributed by atoms with E-state index in [1.165, 1.54) is 24.3 Å². The zero-order chi connectivity index (χ0) is 24.8. The fourth-order valence-corrected chi connectivity index (χ4v) is 4.69. The summed E-state index contributed by atoms with van der Waals surface area (Å²) in [6.45, 7) is 1.91. The van der Waals surface area contributed by atoms with E-state index in [4.69, 9.17) is 9.47 Å². The van der Waals surface area contributed by atoms with Gasteiger partial charge in [0.1, 0.15) is 11.5 Å². The van der Waals surface area contributed by atoms with Crippen molar-refractivity contribution in [3.8, 4) is 11.5 Å². The fourth-order valence-electron chi connectivity index (χ4n) is 4.69. The van der Waals surface area contributed by atoms with E-state index in [-0.39, 0.29) is 43.4 Å². The molecule has 2 fully saturated rings. The van der Waals surface area contributed by atoms with E-state index in [0.717, 1.165) is 0 Å². The van der Waals surface area contributed by atoms with E-state index < -0.39 is 36.2 Å². The molecule has 0 N–H and O–H groups in total. The molecule has 34 heavy (non-hydrogen) atoms. The lowest BCUT2D eigenvalue weighted by molar-refractivity contribution is -0.305. The van der Waals surface area contributed by atoms with Crippen LogP contribution in [0.1, 0.15) is 58.3 Å². The second kappa shape index (κ2) is 11.5. The number of halogens is 6. The lowest BCUT2D eigenvalue weighted by atomic mass is 9.81. The Balaban J connectivity index is 1.47. The van der Waals surface area contributed by atoms with Crippen molar-refractivity contribution < 1.29 is 40.6 Å². The summed E-state index contributed by atoms with van der Waals surface area (Å²) in [7, 11) is 0. The summed E-state index contributed by atoms with van der Waals surface area (Å²) in [5.74, 6) is -1.77. The molecule has 0 spiro atoms. The van der Waals surface area contributed by atoms with E-state index in [2.05, 4.69) is 4.74 Å². The highest BCUT2D eigenvalue weighted by atomic mass is 19.3. The lowest BCUT2D eigenvalue weighted by Gasteiger charge is -2.37. The minimum atomic E-state index is -3.51. The summed E-state index contributed by atoms with van der Waals surface area (Å²) in [6, 6.07) is 4.83. The molecule has 9 heteroatoms. The number of rotatable bonds is 9. The van der Waals surface area contributed by atoms with Crippen molar-refractivity contribution in [3.63, 3.8) is 0 Å². The average molecular weight is 493 g/mol. The molecule has 0 heterocycles. The fraction of sp³-hybridized carbons (Fsp3) is 0.600. The zero-order valence-corrected chi connectivity index (χ0v) is 19.0. The molecule has 0 bridgehead atoms. The second-order valence-electron chi connectivity index (χ2n) is 8.95. The average Bonchev–Trinajstić information content (AvgIpc) is 2.79. The van der Waals surface area contributed by atoms with Gasteiger partial charge in [0, 0.05) is 0 Å². The van der Waals surface area contributed by atoms with Crippen LogP contribution in [0.2, 0.25) is 0 Å². The molecule has 0 atom stereocenters. The molecule has 190 valence electrons. The molecular formula is C25H30F6O3. The van der Waals surface area contributed by atoms with Gasteiger partial charge < -0.3 is 14.2 Å². The first-order valence-corrected chi connectivity index (χ1v) is 11.6. The van der Waals surface area contributed by atoms with Crippen LogP contribution in [0.3, 0.4) is 0 Å². The van der Waals surface area contributed by atoms with Crippen molar-refractivity contribution in [2.75, 3.05) is 0 Å². The summed E-state index contributed by atoms with van der Waals surface area (Å²) in [6.07, 6.45) is -3.01. The maximum absolute atomic E-state index is 14.7. The molecule has 3 rings (SSSR count). The molecule has 1 aromatic rings. The maximum atomic E-state index is 14.7. The van der Waals surface area contributed by atoms with Gasteiger partial charge in [-0.3, -0.25) is 0 Å². The maximum Gasteiger partial charge on any atom is 0.400 e. The number of hydrogen-bond acceptors (Lipinski definition) is 3. The Hall–Kier alpha value is -2.16. The van der Waals surface area contributed by atoms with Crippen LogP contribution < -0.4 is 9.47 Å². The van der Waals surface area contributed by atoms with Gasteiger partial charge in [0.25, 0.3) is 0 Å². The Morgan fingerprint density at radius 1 is 0.794 bits per heavy atom. The molecule has 2 aliphatic carbocycles. The summed E-state index contributed by atoms with van der Waals surface area (Å²) in [5.41, 5.74) is 0. The highest BCUT2D eigenvalue weighted by Gasteiger charge is 2.48. The third-order valence-electron chi connectivity index (χ3n) is 6.55. The first-order valence-electron chi connectivity index (χ1n) is 11.6. The van der Waals surface area contributed by atoms with Crippen LogP contribution in [0.5, 0.6) is 11.5 Å². The Bertz CT molecular complexity index is 820. The van der Waals surface area contributed by atoms with E-state index in [0.29, 0.717) is 31.6 Å². The zero-order valence-electron chi connectivity index (χ0n) is 19.0. The summed E-state index contributed by atoms with van der Waals surface area (Å²) >= 11 is 0. The van der Waals surface area contributed by atoms with E-state index in [1.54, 1.807) is 0 Å². The summed E-state index contributed by atoms with van der Waals surface area (Å²) in [4.78, 5) is 0. The minimum absolute atomic E-state index is 0.0104. The summed E-state index contributed by atoms with van der Waals surface area (Å²) in [5, 5.41) is 0. The third-order valence-corrected chi connectivity index (χ3v) is 6.55. The lowest BCUT2D eigenvalue weighted by Crippen LogP contribution is -2.42. The Morgan fingerprint density at radius 3 is 1.88 bits per heavy atom. The largest absolute Gasteiger partial charge is 0.459 e. The topological polar surface area (TPSA) is 27.7 Å². The van der Waals surface area contributed by atoms with Crippen molar-refractivity contribution >= 4 is 0 Å². The first kappa shape index (κ1) is 26.4. The normalized spacial score (nSPS) is 26.3. The number of hydrogen-bond donors (Lipinski definition) is 0. The van der Waals surface area contributed by atoms with Gasteiger partial charge in [-0.25, -0.2) is 0 Å². The number of ether oxygens (including phenoxy) is 3. The van der Waals surface area contributed by atoms with Crippen LogP contribution in [0.25, 0.3) is 0 Å². The Morgan fingerprint density at radius 2 is 1.32 bits per heavy atom. The van der Waals surface area contributed by atoms with Crippen molar-refractivity contribution in [1.29, 1.82) is 0 Å². The van der Waals surface area contributed by atoms with Gasteiger partial charge in [-0.15, -0.1) is 0 Å². The molecule has 0 saturated heterocycles. The number of allylic oxidation sites excluding steroid dienone is 2. The quantitative estimate of drug-likeness (QED) is 0.197. The Labute approximate surface area is 195 Å². The highest BCUT2D eigenvalue weighted by molar-refractivity contribution is 5.32.